The summed E-state index contributed by atoms with van der Waals surface area (Å²) in [5.74, 6) is 0. The topological polar surface area (TPSA) is 0 Å². The van der Waals surface area contributed by atoms with Crippen LogP contribution in [0.3, 0.4) is 0 Å². The van der Waals surface area contributed by atoms with Gasteiger partial charge in [-0.15, -0.1) is 0 Å². The summed E-state index contributed by atoms with van der Waals surface area (Å²) in [5.41, 5.74) is 5.37. The Bertz CT molecular complexity index is 629. The summed E-state index contributed by atoms with van der Waals surface area (Å²) in [5, 5.41) is 2.75. The molecule has 0 aliphatic carbocycles. The van der Waals surface area contributed by atoms with Gasteiger partial charge in [-0.3, -0.25) is 0 Å². The van der Waals surface area contributed by atoms with Crippen LogP contribution in [0.2, 0.25) is 0 Å². The lowest BCUT2D eigenvalue weighted by Gasteiger charge is -2.03. The Balaban J connectivity index is 0.000000211. The smallest absolute Gasteiger partial charge is 0.0152 e. The van der Waals surface area contributed by atoms with Crippen LogP contribution in [0.25, 0.3) is 10.8 Å². The van der Waals surface area contributed by atoms with Gasteiger partial charge in [0.05, 0.1) is 0 Å². The van der Waals surface area contributed by atoms with E-state index in [-0.39, 0.29) is 0 Å². The molecule has 0 aromatic heterocycles. The number of hydrogen-bond acceptors (Lipinski definition) is 0. The molecule has 0 saturated carbocycles. The molecule has 3 aromatic carbocycles. The molecular formula is C22H28. The van der Waals surface area contributed by atoms with Crippen LogP contribution >= 0.6 is 0 Å². The van der Waals surface area contributed by atoms with Gasteiger partial charge in [0.1, 0.15) is 0 Å². The maximum absolute atomic E-state index is 2.18. The molecule has 0 unspecified atom stereocenters. The first-order chi connectivity index (χ1) is 10.6. The molecule has 0 spiro atoms. The van der Waals surface area contributed by atoms with Gasteiger partial charge in [-0.25, -0.2) is 0 Å². The summed E-state index contributed by atoms with van der Waals surface area (Å²) < 4.78 is 0. The van der Waals surface area contributed by atoms with Crippen molar-refractivity contribution in [2.24, 2.45) is 0 Å². The Morgan fingerprint density at radius 1 is 0.455 bits per heavy atom. The third-order valence-corrected chi connectivity index (χ3v) is 3.58. The van der Waals surface area contributed by atoms with Gasteiger partial charge in [0, 0.05) is 0 Å². The molecule has 0 fully saturated rings. The predicted octanol–water partition coefficient (Wildman–Crippen LogP) is 6.79. The molecule has 0 nitrogen and oxygen atoms in total. The molecule has 3 aromatic rings. The van der Waals surface area contributed by atoms with Crippen LogP contribution in [0.5, 0.6) is 0 Å². The lowest BCUT2D eigenvalue weighted by atomic mass is 10.0. The van der Waals surface area contributed by atoms with Crippen LogP contribution in [-0.4, -0.2) is 0 Å². The summed E-state index contributed by atoms with van der Waals surface area (Å²) >= 11 is 0. The van der Waals surface area contributed by atoms with E-state index >= 15 is 0 Å². The van der Waals surface area contributed by atoms with Gasteiger partial charge in [-0.05, 0) is 49.6 Å². The summed E-state index contributed by atoms with van der Waals surface area (Å²) in [7, 11) is 0. The van der Waals surface area contributed by atoms with E-state index in [9.17, 15) is 0 Å². The Hall–Kier alpha value is -2.08. The van der Waals surface area contributed by atoms with E-state index in [2.05, 4.69) is 88.4 Å². The van der Waals surface area contributed by atoms with Crippen molar-refractivity contribution in [3.63, 3.8) is 0 Å². The van der Waals surface area contributed by atoms with Crippen molar-refractivity contribution in [1.29, 1.82) is 0 Å². The van der Waals surface area contributed by atoms with Crippen LogP contribution in [0.15, 0.2) is 60.7 Å². The molecule has 22 heavy (non-hydrogen) atoms. The fourth-order valence-electron chi connectivity index (χ4n) is 2.24. The fourth-order valence-corrected chi connectivity index (χ4v) is 2.24. The standard InChI is InChI=1S/C12H12.C8H10.C2H6/c1-9-7-8-10(2)12-6-4-3-5-11(9)12;1-7-3-5-8(2)6-4-7;1-2/h3-8H,1-2H3;3-6H,1-2H3;1-2H3. The first-order valence-electron chi connectivity index (χ1n) is 8.06. The van der Waals surface area contributed by atoms with Gasteiger partial charge in [0.25, 0.3) is 0 Å². The van der Waals surface area contributed by atoms with Crippen molar-refractivity contribution in [2.75, 3.05) is 0 Å². The van der Waals surface area contributed by atoms with Gasteiger partial charge < -0.3 is 0 Å². The van der Waals surface area contributed by atoms with Crippen molar-refractivity contribution in [1.82, 2.24) is 0 Å². The van der Waals surface area contributed by atoms with E-state index in [1.54, 1.807) is 0 Å². The lowest BCUT2D eigenvalue weighted by molar-refractivity contribution is 1.40. The molecular weight excluding hydrogens is 264 g/mol. The molecule has 0 saturated heterocycles. The van der Waals surface area contributed by atoms with Crippen molar-refractivity contribution in [3.8, 4) is 0 Å². The summed E-state index contributed by atoms with van der Waals surface area (Å²) in [6.07, 6.45) is 0. The van der Waals surface area contributed by atoms with Crippen molar-refractivity contribution in [3.05, 3.63) is 82.9 Å². The zero-order valence-electron chi connectivity index (χ0n) is 14.8. The first-order valence-corrected chi connectivity index (χ1v) is 8.06. The highest BCUT2D eigenvalue weighted by Gasteiger charge is 1.97. The maximum atomic E-state index is 2.18. The average molecular weight is 292 g/mol. The molecule has 0 amide bonds. The molecule has 116 valence electrons. The minimum absolute atomic E-state index is 1.33. The number of benzene rings is 3. The van der Waals surface area contributed by atoms with Crippen molar-refractivity contribution in [2.45, 2.75) is 41.5 Å². The molecule has 0 N–H and O–H groups in total. The highest BCUT2D eigenvalue weighted by molar-refractivity contribution is 5.88. The molecule has 0 atom stereocenters. The quantitative estimate of drug-likeness (QED) is 0.428. The molecule has 0 radical (unpaired) electrons. The van der Waals surface area contributed by atoms with Crippen molar-refractivity contribution < 1.29 is 0 Å². The van der Waals surface area contributed by atoms with E-state index in [0.717, 1.165) is 0 Å². The minimum atomic E-state index is 1.33. The Kier molecular flexibility index (Phi) is 7.39. The summed E-state index contributed by atoms with van der Waals surface area (Å²) in [6, 6.07) is 21.4. The molecule has 0 bridgehead atoms. The van der Waals surface area contributed by atoms with Crippen LogP contribution in [-0.2, 0) is 0 Å². The SMILES string of the molecule is CC.Cc1ccc(C)c2ccccc12.Cc1ccc(C)cc1. The van der Waals surface area contributed by atoms with Gasteiger partial charge >= 0.3 is 0 Å². The largest absolute Gasteiger partial charge is 0.0683 e. The van der Waals surface area contributed by atoms with Gasteiger partial charge in [0.15, 0.2) is 0 Å². The number of fused-ring (bicyclic) bond motifs is 1. The maximum Gasteiger partial charge on any atom is -0.0152 e. The molecule has 0 aliphatic heterocycles. The summed E-state index contributed by atoms with van der Waals surface area (Å²) in [4.78, 5) is 0. The van der Waals surface area contributed by atoms with Crippen LogP contribution in [0.1, 0.15) is 36.1 Å². The zero-order valence-corrected chi connectivity index (χ0v) is 14.8. The Morgan fingerprint density at radius 3 is 1.09 bits per heavy atom. The van der Waals surface area contributed by atoms with E-state index in [1.807, 2.05) is 13.8 Å². The molecule has 0 aliphatic rings. The van der Waals surface area contributed by atoms with Gasteiger partial charge in [0.2, 0.25) is 0 Å². The third-order valence-electron chi connectivity index (χ3n) is 3.58. The third kappa shape index (κ3) is 5.04. The Labute approximate surface area is 135 Å². The number of hydrogen-bond donors (Lipinski definition) is 0. The predicted molar refractivity (Wildman–Crippen MR) is 101 cm³/mol. The second-order valence-corrected chi connectivity index (χ2v) is 5.40. The fraction of sp³-hybridized carbons (Fsp3) is 0.273. The van der Waals surface area contributed by atoms with E-state index in [0.29, 0.717) is 0 Å². The van der Waals surface area contributed by atoms with E-state index in [1.165, 1.54) is 33.0 Å². The molecule has 0 heterocycles. The van der Waals surface area contributed by atoms with Crippen LogP contribution in [0, 0.1) is 27.7 Å². The second kappa shape index (κ2) is 9.04. The zero-order chi connectivity index (χ0) is 16.5. The Morgan fingerprint density at radius 2 is 0.773 bits per heavy atom. The number of aryl methyl sites for hydroxylation is 4. The van der Waals surface area contributed by atoms with Gasteiger partial charge in [-0.1, -0.05) is 85.6 Å². The van der Waals surface area contributed by atoms with Crippen LogP contribution < -0.4 is 0 Å². The van der Waals surface area contributed by atoms with Gasteiger partial charge in [-0.2, -0.15) is 0 Å². The van der Waals surface area contributed by atoms with Crippen molar-refractivity contribution >= 4 is 10.8 Å². The molecule has 0 heteroatoms. The normalized spacial score (nSPS) is 9.36. The summed E-state index contributed by atoms with van der Waals surface area (Å²) in [6.45, 7) is 12.5. The monoisotopic (exact) mass is 292 g/mol. The number of rotatable bonds is 0. The highest BCUT2D eigenvalue weighted by Crippen LogP contribution is 2.20. The second-order valence-electron chi connectivity index (χ2n) is 5.40. The highest BCUT2D eigenvalue weighted by atomic mass is 14.0. The van der Waals surface area contributed by atoms with E-state index in [4.69, 9.17) is 0 Å². The lowest BCUT2D eigenvalue weighted by Crippen LogP contribution is -1.80. The van der Waals surface area contributed by atoms with E-state index < -0.39 is 0 Å². The van der Waals surface area contributed by atoms with Crippen LogP contribution in [0.4, 0.5) is 0 Å². The minimum Gasteiger partial charge on any atom is -0.0683 e. The average Bonchev–Trinajstić information content (AvgIpc) is 2.57. The first kappa shape index (κ1) is 18.0. The molecule has 3 rings (SSSR count).